The van der Waals surface area contributed by atoms with E-state index in [9.17, 15) is 14.4 Å². The minimum atomic E-state index is -0.767. The molecular weight excluding hydrogens is 410 g/mol. The maximum atomic E-state index is 12.6. The van der Waals surface area contributed by atoms with Crippen LogP contribution in [0, 0.1) is 0 Å². The monoisotopic (exact) mass is 431 g/mol. The van der Waals surface area contributed by atoms with Crippen molar-refractivity contribution in [3.63, 3.8) is 0 Å². The molecule has 0 bridgehead atoms. The van der Waals surface area contributed by atoms with Crippen molar-refractivity contribution in [1.82, 2.24) is 15.3 Å². The molecule has 3 aromatic carbocycles. The van der Waals surface area contributed by atoms with Crippen molar-refractivity contribution in [1.29, 1.82) is 0 Å². The summed E-state index contributed by atoms with van der Waals surface area (Å²) in [5, 5.41) is 2.84. The fourth-order valence-electron chi connectivity index (χ4n) is 3.22. The maximum absolute atomic E-state index is 12.6. The highest BCUT2D eigenvalue weighted by Crippen LogP contribution is 2.29. The molecule has 32 heavy (non-hydrogen) atoms. The minimum Gasteiger partial charge on any atom is -0.493 e. The van der Waals surface area contributed by atoms with Crippen LogP contribution >= 0.6 is 0 Å². The number of rotatable bonds is 7. The lowest BCUT2D eigenvalue weighted by Gasteiger charge is -2.13. The van der Waals surface area contributed by atoms with Crippen molar-refractivity contribution in [3.8, 4) is 11.5 Å². The SMILES string of the molecule is COc1cc(CNC(=O)c2ccc3[nH]c(=O)c(=O)[nH]c3c2)ccc1OCc1ccccc1. The molecule has 4 aromatic rings. The summed E-state index contributed by atoms with van der Waals surface area (Å²) in [6.07, 6.45) is 0. The number of amides is 1. The first-order valence-electron chi connectivity index (χ1n) is 9.91. The van der Waals surface area contributed by atoms with Crippen molar-refractivity contribution in [2.75, 3.05) is 7.11 Å². The number of aromatic nitrogens is 2. The first kappa shape index (κ1) is 20.9. The van der Waals surface area contributed by atoms with Crippen LogP contribution in [0.4, 0.5) is 0 Å². The first-order valence-corrected chi connectivity index (χ1v) is 9.91. The zero-order valence-electron chi connectivity index (χ0n) is 17.3. The van der Waals surface area contributed by atoms with E-state index in [1.54, 1.807) is 25.3 Å². The molecule has 0 aliphatic heterocycles. The number of ether oxygens (including phenoxy) is 2. The number of fused-ring (bicyclic) bond motifs is 1. The Morgan fingerprint density at radius 3 is 2.34 bits per heavy atom. The van der Waals surface area contributed by atoms with Crippen LogP contribution in [0.25, 0.3) is 11.0 Å². The second-order valence-electron chi connectivity index (χ2n) is 7.11. The number of H-pyrrole nitrogens is 2. The van der Waals surface area contributed by atoms with E-state index in [0.717, 1.165) is 11.1 Å². The Kier molecular flexibility index (Phi) is 6.03. The van der Waals surface area contributed by atoms with Crippen LogP contribution in [0.5, 0.6) is 11.5 Å². The predicted octanol–water partition coefficient (Wildman–Crippen LogP) is 2.73. The Bertz CT molecular complexity index is 1380. The number of hydrogen-bond donors (Lipinski definition) is 3. The van der Waals surface area contributed by atoms with E-state index in [1.807, 2.05) is 42.5 Å². The van der Waals surface area contributed by atoms with Crippen molar-refractivity contribution in [2.45, 2.75) is 13.2 Å². The van der Waals surface area contributed by atoms with Crippen LogP contribution in [0.2, 0.25) is 0 Å². The Balaban J connectivity index is 1.43. The molecule has 0 unspecified atom stereocenters. The van der Waals surface area contributed by atoms with Crippen molar-refractivity contribution in [3.05, 3.63) is 104 Å². The lowest BCUT2D eigenvalue weighted by molar-refractivity contribution is 0.0951. The summed E-state index contributed by atoms with van der Waals surface area (Å²) in [4.78, 5) is 40.4. The second-order valence-corrected chi connectivity index (χ2v) is 7.11. The molecule has 0 atom stereocenters. The van der Waals surface area contributed by atoms with Gasteiger partial charge in [-0.2, -0.15) is 0 Å². The van der Waals surface area contributed by atoms with Gasteiger partial charge in [-0.1, -0.05) is 36.4 Å². The lowest BCUT2D eigenvalue weighted by Crippen LogP contribution is -2.29. The maximum Gasteiger partial charge on any atom is 0.314 e. The van der Waals surface area contributed by atoms with E-state index < -0.39 is 11.1 Å². The van der Waals surface area contributed by atoms with Gasteiger partial charge >= 0.3 is 11.1 Å². The molecule has 0 spiro atoms. The molecule has 0 saturated heterocycles. The summed E-state index contributed by atoms with van der Waals surface area (Å²) in [6.45, 7) is 0.691. The topological polar surface area (TPSA) is 113 Å². The largest absolute Gasteiger partial charge is 0.493 e. The zero-order valence-corrected chi connectivity index (χ0v) is 17.3. The fourth-order valence-corrected chi connectivity index (χ4v) is 3.22. The average molecular weight is 431 g/mol. The van der Waals surface area contributed by atoms with Crippen LogP contribution in [0.3, 0.4) is 0 Å². The molecule has 1 heterocycles. The lowest BCUT2D eigenvalue weighted by atomic mass is 10.1. The summed E-state index contributed by atoms with van der Waals surface area (Å²) in [5.41, 5.74) is 1.56. The number of carbonyl (C=O) groups excluding carboxylic acids is 1. The van der Waals surface area contributed by atoms with E-state index in [4.69, 9.17) is 9.47 Å². The van der Waals surface area contributed by atoms with Gasteiger partial charge in [-0.05, 0) is 41.5 Å². The van der Waals surface area contributed by atoms with Crippen molar-refractivity contribution < 1.29 is 14.3 Å². The van der Waals surface area contributed by atoms with Crippen LogP contribution in [0.1, 0.15) is 21.5 Å². The van der Waals surface area contributed by atoms with Gasteiger partial charge in [-0.15, -0.1) is 0 Å². The van der Waals surface area contributed by atoms with Crippen LogP contribution in [0.15, 0.2) is 76.3 Å². The highest BCUT2D eigenvalue weighted by molar-refractivity contribution is 5.97. The number of nitrogens with one attached hydrogen (secondary N) is 3. The molecular formula is C24H21N3O5. The third-order valence-electron chi connectivity index (χ3n) is 4.90. The molecule has 8 heteroatoms. The Morgan fingerprint density at radius 2 is 1.59 bits per heavy atom. The van der Waals surface area contributed by atoms with E-state index in [2.05, 4.69) is 15.3 Å². The highest BCUT2D eigenvalue weighted by atomic mass is 16.5. The third kappa shape index (κ3) is 4.70. The van der Waals surface area contributed by atoms with Crippen LogP contribution in [-0.4, -0.2) is 23.0 Å². The zero-order chi connectivity index (χ0) is 22.5. The standard InChI is InChI=1S/C24H21N3O5/c1-31-21-11-16(7-10-20(21)32-14-15-5-3-2-4-6-15)13-25-22(28)17-8-9-18-19(12-17)27-24(30)23(29)26-18/h2-12H,13-14H2,1H3,(H,25,28)(H,26,29)(H,27,30). The van der Waals surface area contributed by atoms with Crippen LogP contribution in [-0.2, 0) is 13.2 Å². The molecule has 0 aliphatic carbocycles. The Labute approximate surface area is 182 Å². The highest BCUT2D eigenvalue weighted by Gasteiger charge is 2.10. The first-order chi connectivity index (χ1) is 15.5. The summed E-state index contributed by atoms with van der Waals surface area (Å²) in [5.74, 6) is 0.862. The summed E-state index contributed by atoms with van der Waals surface area (Å²) in [6, 6.07) is 20.0. The molecule has 0 aliphatic rings. The molecule has 0 saturated carbocycles. The molecule has 3 N–H and O–H groups in total. The van der Waals surface area contributed by atoms with Gasteiger partial charge in [0.25, 0.3) is 5.91 Å². The van der Waals surface area contributed by atoms with Gasteiger partial charge in [0.2, 0.25) is 0 Å². The van der Waals surface area contributed by atoms with Gasteiger partial charge in [-0.3, -0.25) is 14.4 Å². The van der Waals surface area contributed by atoms with E-state index in [0.29, 0.717) is 34.7 Å². The summed E-state index contributed by atoms with van der Waals surface area (Å²) < 4.78 is 11.3. The molecule has 8 nitrogen and oxygen atoms in total. The second kappa shape index (κ2) is 9.22. The number of benzene rings is 3. The summed E-state index contributed by atoms with van der Waals surface area (Å²) >= 11 is 0. The fraction of sp³-hybridized carbons (Fsp3) is 0.125. The van der Waals surface area contributed by atoms with Crippen molar-refractivity contribution in [2.24, 2.45) is 0 Å². The van der Waals surface area contributed by atoms with Gasteiger partial charge in [0.05, 0.1) is 18.1 Å². The smallest absolute Gasteiger partial charge is 0.314 e. The number of hydrogen-bond acceptors (Lipinski definition) is 5. The number of methoxy groups -OCH3 is 1. The average Bonchev–Trinajstić information content (AvgIpc) is 2.82. The molecule has 0 fully saturated rings. The van der Waals surface area contributed by atoms with Gasteiger partial charge in [0, 0.05) is 12.1 Å². The van der Waals surface area contributed by atoms with Gasteiger partial charge in [-0.25, -0.2) is 0 Å². The molecule has 0 radical (unpaired) electrons. The molecule has 4 rings (SSSR count). The molecule has 1 amide bonds. The normalized spacial score (nSPS) is 10.7. The van der Waals surface area contributed by atoms with Gasteiger partial charge in [0.15, 0.2) is 11.5 Å². The van der Waals surface area contributed by atoms with Gasteiger partial charge in [0.1, 0.15) is 6.61 Å². The van der Waals surface area contributed by atoms with Gasteiger partial charge < -0.3 is 24.8 Å². The molecule has 162 valence electrons. The molecule has 1 aromatic heterocycles. The number of aromatic amines is 2. The third-order valence-corrected chi connectivity index (χ3v) is 4.90. The number of carbonyl (C=O) groups is 1. The van der Waals surface area contributed by atoms with E-state index in [1.165, 1.54) is 6.07 Å². The van der Waals surface area contributed by atoms with E-state index >= 15 is 0 Å². The van der Waals surface area contributed by atoms with Crippen molar-refractivity contribution >= 4 is 16.9 Å². The Morgan fingerprint density at radius 1 is 0.844 bits per heavy atom. The predicted molar refractivity (Wildman–Crippen MR) is 120 cm³/mol. The quantitative estimate of drug-likeness (QED) is 0.390. The summed E-state index contributed by atoms with van der Waals surface area (Å²) in [7, 11) is 1.56. The Hall–Kier alpha value is -4.33. The van der Waals surface area contributed by atoms with Crippen LogP contribution < -0.4 is 25.9 Å². The van der Waals surface area contributed by atoms with E-state index in [-0.39, 0.29) is 12.5 Å². The minimum absolute atomic E-state index is 0.272.